The van der Waals surface area contributed by atoms with Crippen molar-refractivity contribution in [3.63, 3.8) is 0 Å². The van der Waals surface area contributed by atoms with Gasteiger partial charge in [0, 0.05) is 38.2 Å². The highest BCUT2D eigenvalue weighted by Gasteiger charge is 2.29. The van der Waals surface area contributed by atoms with Gasteiger partial charge in [0.1, 0.15) is 34.6 Å². The lowest BCUT2D eigenvalue weighted by molar-refractivity contribution is 0.0927. The number of amides is 3. The molecule has 12 nitrogen and oxygen atoms in total. The van der Waals surface area contributed by atoms with Gasteiger partial charge in [-0.25, -0.2) is 15.0 Å². The van der Waals surface area contributed by atoms with Crippen molar-refractivity contribution in [2.75, 3.05) is 0 Å². The van der Waals surface area contributed by atoms with E-state index in [0.717, 1.165) is 0 Å². The third-order valence-electron chi connectivity index (χ3n) is 7.10. The summed E-state index contributed by atoms with van der Waals surface area (Å²) in [5.74, 6) is 0.531. The number of nitrogens with one attached hydrogen (secondary N) is 3. The summed E-state index contributed by atoms with van der Waals surface area (Å²) < 4.78 is 5.38. The number of hydrogen-bond donors (Lipinski definition) is 3. The van der Waals surface area contributed by atoms with Crippen LogP contribution in [-0.2, 0) is 21.1 Å². The first kappa shape index (κ1) is 25.1. The number of aromatic nitrogens is 6. The molecule has 1 aliphatic heterocycles. The quantitative estimate of drug-likeness (QED) is 0.433. The van der Waals surface area contributed by atoms with E-state index >= 15 is 0 Å². The van der Waals surface area contributed by atoms with Crippen LogP contribution in [0.25, 0.3) is 0 Å². The van der Waals surface area contributed by atoms with Crippen molar-refractivity contribution >= 4 is 17.7 Å². The normalized spacial score (nSPS) is 20.9. The van der Waals surface area contributed by atoms with Gasteiger partial charge >= 0.3 is 0 Å². The Hall–Kier alpha value is -3.96. The van der Waals surface area contributed by atoms with Crippen molar-refractivity contribution in [1.29, 1.82) is 0 Å². The molecule has 0 aliphatic carbocycles. The molecule has 0 saturated heterocycles. The number of rotatable bonds is 0. The highest BCUT2D eigenvalue weighted by molar-refractivity contribution is 5.95. The molecule has 192 valence electrons. The standard InChI is InChI=1S/C24H33N9O3/c1-10-19-28-17(13(4)31(19)7)23(35)26-12(3)21-30-18(15(6)33(21)9)24(36)27-11(2)20-29-16(22(34)25-10)14(5)32(20)8/h10-12H,1-9H3,(H,25,34)(H,26,35)(H,27,36)/t10-,11-,12-/m0/s1. The monoisotopic (exact) mass is 495 g/mol. The number of imidazole rings is 3. The second kappa shape index (κ2) is 8.92. The number of carbonyl (C=O) groups excluding carboxylic acids is 3. The molecule has 3 amide bonds. The van der Waals surface area contributed by atoms with Crippen LogP contribution in [0.3, 0.4) is 0 Å². The van der Waals surface area contributed by atoms with Crippen LogP contribution in [0, 0.1) is 20.8 Å². The summed E-state index contributed by atoms with van der Waals surface area (Å²) in [5, 5.41) is 8.83. The minimum atomic E-state index is -0.485. The number of fused-ring (bicyclic) bond motifs is 6. The lowest BCUT2D eigenvalue weighted by atomic mass is 10.2. The molecular formula is C24H33N9O3. The molecule has 3 N–H and O–H groups in total. The van der Waals surface area contributed by atoms with Crippen LogP contribution in [-0.4, -0.2) is 46.4 Å². The van der Waals surface area contributed by atoms with E-state index < -0.39 is 18.1 Å². The molecule has 6 bridgehead atoms. The smallest absolute Gasteiger partial charge is 0.272 e. The first-order valence-corrected chi connectivity index (χ1v) is 11.9. The molecule has 0 aromatic carbocycles. The van der Waals surface area contributed by atoms with Crippen molar-refractivity contribution in [3.05, 3.63) is 51.6 Å². The van der Waals surface area contributed by atoms with E-state index in [1.54, 1.807) is 55.6 Å². The lowest BCUT2D eigenvalue weighted by Gasteiger charge is -2.14. The predicted molar refractivity (Wildman–Crippen MR) is 131 cm³/mol. The minimum Gasteiger partial charge on any atom is -0.341 e. The molecule has 36 heavy (non-hydrogen) atoms. The van der Waals surface area contributed by atoms with Gasteiger partial charge in [0.15, 0.2) is 0 Å². The maximum atomic E-state index is 13.2. The molecule has 3 aromatic rings. The second-order valence-electron chi connectivity index (χ2n) is 9.47. The average Bonchev–Trinajstić information content (AvgIpc) is 3.40. The fourth-order valence-electron chi connectivity index (χ4n) is 4.60. The van der Waals surface area contributed by atoms with Crippen LogP contribution in [0.4, 0.5) is 0 Å². The Morgan fingerprint density at radius 3 is 0.972 bits per heavy atom. The molecular weight excluding hydrogens is 462 g/mol. The molecule has 4 heterocycles. The number of nitrogens with zero attached hydrogens (tertiary/aromatic N) is 6. The summed E-state index contributed by atoms with van der Waals surface area (Å²) in [6.07, 6.45) is 0. The van der Waals surface area contributed by atoms with Crippen LogP contribution >= 0.6 is 0 Å². The maximum absolute atomic E-state index is 13.2. The van der Waals surface area contributed by atoms with E-state index in [-0.39, 0.29) is 34.8 Å². The second-order valence-corrected chi connectivity index (χ2v) is 9.47. The topological polar surface area (TPSA) is 141 Å². The van der Waals surface area contributed by atoms with Gasteiger partial charge in [0.25, 0.3) is 17.7 Å². The van der Waals surface area contributed by atoms with Gasteiger partial charge in [-0.05, 0) is 41.5 Å². The molecule has 0 radical (unpaired) electrons. The van der Waals surface area contributed by atoms with Gasteiger partial charge in [-0.1, -0.05) is 0 Å². The Morgan fingerprint density at radius 2 is 0.750 bits per heavy atom. The fourth-order valence-corrected chi connectivity index (χ4v) is 4.60. The summed E-state index contributed by atoms with van der Waals surface area (Å²) in [6.45, 7) is 10.8. The van der Waals surface area contributed by atoms with Crippen LogP contribution < -0.4 is 16.0 Å². The van der Waals surface area contributed by atoms with Crippen LogP contribution in [0.2, 0.25) is 0 Å². The summed E-state index contributed by atoms with van der Waals surface area (Å²) >= 11 is 0. The zero-order chi connectivity index (χ0) is 26.6. The summed E-state index contributed by atoms with van der Waals surface area (Å²) in [6, 6.07) is -1.46. The van der Waals surface area contributed by atoms with Gasteiger partial charge in [-0.2, -0.15) is 0 Å². The Kier molecular flexibility index (Phi) is 6.23. The lowest BCUT2D eigenvalue weighted by Crippen LogP contribution is -2.31. The molecule has 0 saturated carbocycles. The van der Waals surface area contributed by atoms with E-state index in [4.69, 9.17) is 0 Å². The number of hydrogen-bond acceptors (Lipinski definition) is 6. The summed E-state index contributed by atoms with van der Waals surface area (Å²) in [5.41, 5.74) is 2.77. The van der Waals surface area contributed by atoms with Gasteiger partial charge < -0.3 is 29.7 Å². The number of carbonyl (C=O) groups is 3. The van der Waals surface area contributed by atoms with Gasteiger partial charge in [-0.15, -0.1) is 0 Å². The molecule has 1 aliphatic rings. The minimum absolute atomic E-state index is 0.260. The van der Waals surface area contributed by atoms with E-state index in [1.807, 2.05) is 20.8 Å². The molecule has 12 heteroatoms. The molecule has 4 rings (SSSR count). The van der Waals surface area contributed by atoms with Crippen molar-refractivity contribution in [3.8, 4) is 0 Å². The average molecular weight is 496 g/mol. The van der Waals surface area contributed by atoms with Crippen LogP contribution in [0.15, 0.2) is 0 Å². The first-order chi connectivity index (χ1) is 16.8. The van der Waals surface area contributed by atoms with E-state index in [2.05, 4.69) is 30.9 Å². The highest BCUT2D eigenvalue weighted by Crippen LogP contribution is 2.22. The zero-order valence-corrected chi connectivity index (χ0v) is 22.1. The van der Waals surface area contributed by atoms with Crippen molar-refractivity contribution in [2.45, 2.75) is 59.7 Å². The molecule has 0 spiro atoms. The molecule has 0 fully saturated rings. The summed E-state index contributed by atoms with van der Waals surface area (Å²) in [7, 11) is 5.42. The maximum Gasteiger partial charge on any atom is 0.272 e. The third-order valence-corrected chi connectivity index (χ3v) is 7.10. The van der Waals surface area contributed by atoms with Crippen LogP contribution in [0.5, 0.6) is 0 Å². The predicted octanol–water partition coefficient (Wildman–Crippen LogP) is 1.60. The van der Waals surface area contributed by atoms with Crippen molar-refractivity contribution < 1.29 is 14.4 Å². The van der Waals surface area contributed by atoms with Gasteiger partial charge in [0.2, 0.25) is 0 Å². The van der Waals surface area contributed by atoms with Crippen molar-refractivity contribution in [2.24, 2.45) is 21.1 Å². The van der Waals surface area contributed by atoms with Gasteiger partial charge in [0.05, 0.1) is 18.1 Å². The SMILES string of the molecule is Cc1c2nc(n1C)[C@H](C)NC(=O)c1nc(n(C)c1C)[C@H](C)NC(=O)c1nc(n(C)c1C)[C@H](C)NC2=O. The van der Waals surface area contributed by atoms with E-state index in [9.17, 15) is 14.4 Å². The third kappa shape index (κ3) is 3.95. The molecule has 3 atom stereocenters. The van der Waals surface area contributed by atoms with Crippen LogP contribution in [0.1, 0.15) is 105 Å². The summed E-state index contributed by atoms with van der Waals surface area (Å²) in [4.78, 5) is 53.2. The highest BCUT2D eigenvalue weighted by atomic mass is 16.2. The largest absolute Gasteiger partial charge is 0.341 e. The zero-order valence-electron chi connectivity index (χ0n) is 22.1. The van der Waals surface area contributed by atoms with E-state index in [0.29, 0.717) is 34.6 Å². The van der Waals surface area contributed by atoms with Crippen molar-refractivity contribution in [1.82, 2.24) is 44.6 Å². The fraction of sp³-hybridized carbons (Fsp3) is 0.500. The Labute approximate surface area is 209 Å². The van der Waals surface area contributed by atoms with Gasteiger partial charge in [-0.3, -0.25) is 14.4 Å². The molecule has 0 unspecified atom stereocenters. The molecule has 3 aromatic heterocycles. The first-order valence-electron chi connectivity index (χ1n) is 11.9. The Morgan fingerprint density at radius 1 is 0.528 bits per heavy atom. The Bertz CT molecular complexity index is 1230. The Balaban J connectivity index is 1.85. The van der Waals surface area contributed by atoms with E-state index in [1.165, 1.54) is 0 Å².